The van der Waals surface area contributed by atoms with Gasteiger partial charge >= 0.3 is 0 Å². The lowest BCUT2D eigenvalue weighted by atomic mass is 10.1. The molecule has 0 heterocycles. The highest BCUT2D eigenvalue weighted by molar-refractivity contribution is 7.92. The molecule has 0 saturated heterocycles. The molecule has 0 aliphatic rings. The molecule has 1 N–H and O–H groups in total. The van der Waals surface area contributed by atoms with Crippen molar-refractivity contribution in [2.75, 3.05) is 17.9 Å². The van der Waals surface area contributed by atoms with Crippen LogP contribution in [0.5, 0.6) is 0 Å². The summed E-state index contributed by atoms with van der Waals surface area (Å²) in [6.07, 6.45) is 0. The second kappa shape index (κ2) is 11.5. The third-order valence-corrected chi connectivity index (χ3v) is 7.68. The number of nitrogens with one attached hydrogen (secondary N) is 1. The SMILES string of the molecule is CNC(=O)[C@@H](C)N(Cc1cccc(Cl)c1)C(=O)CN(c1ccc(C)cc1)S(=O)(=O)c1ccc(F)cc1. The van der Waals surface area contributed by atoms with Gasteiger partial charge in [-0.2, -0.15) is 0 Å². The maximum absolute atomic E-state index is 13.6. The van der Waals surface area contributed by atoms with Gasteiger partial charge in [0.05, 0.1) is 10.6 Å². The second-order valence-electron chi connectivity index (χ2n) is 8.24. The maximum Gasteiger partial charge on any atom is 0.264 e. The Morgan fingerprint density at radius 3 is 2.25 bits per heavy atom. The summed E-state index contributed by atoms with van der Waals surface area (Å²) in [5.41, 5.74) is 1.84. The second-order valence-corrected chi connectivity index (χ2v) is 10.5. The van der Waals surface area contributed by atoms with Gasteiger partial charge < -0.3 is 10.2 Å². The molecule has 0 saturated carbocycles. The minimum Gasteiger partial charge on any atom is -0.357 e. The first-order valence-electron chi connectivity index (χ1n) is 11.1. The largest absolute Gasteiger partial charge is 0.357 e. The van der Waals surface area contributed by atoms with Crippen LogP contribution in [-0.2, 0) is 26.2 Å². The number of rotatable bonds is 9. The molecule has 10 heteroatoms. The highest BCUT2D eigenvalue weighted by Crippen LogP contribution is 2.25. The quantitative estimate of drug-likeness (QED) is 0.449. The van der Waals surface area contributed by atoms with Gasteiger partial charge in [-0.15, -0.1) is 0 Å². The van der Waals surface area contributed by atoms with Gasteiger partial charge in [0, 0.05) is 18.6 Å². The zero-order chi connectivity index (χ0) is 26.5. The topological polar surface area (TPSA) is 86.8 Å². The van der Waals surface area contributed by atoms with Gasteiger partial charge in [-0.05, 0) is 67.9 Å². The van der Waals surface area contributed by atoms with Crippen LogP contribution in [-0.4, -0.2) is 44.8 Å². The molecule has 0 radical (unpaired) electrons. The van der Waals surface area contributed by atoms with E-state index >= 15 is 0 Å². The Morgan fingerprint density at radius 1 is 1.03 bits per heavy atom. The van der Waals surface area contributed by atoms with E-state index in [0.717, 1.165) is 34.1 Å². The Bertz CT molecular complexity index is 1330. The van der Waals surface area contributed by atoms with Gasteiger partial charge in [0.1, 0.15) is 18.4 Å². The van der Waals surface area contributed by atoms with Crippen molar-refractivity contribution in [1.29, 1.82) is 0 Å². The minimum absolute atomic E-state index is 0.0340. The van der Waals surface area contributed by atoms with Crippen molar-refractivity contribution >= 4 is 39.1 Å². The van der Waals surface area contributed by atoms with Crippen LogP contribution in [0.4, 0.5) is 10.1 Å². The molecule has 0 aliphatic carbocycles. The smallest absolute Gasteiger partial charge is 0.264 e. The van der Waals surface area contributed by atoms with Crippen LogP contribution in [0.1, 0.15) is 18.1 Å². The van der Waals surface area contributed by atoms with Crippen molar-refractivity contribution in [3.63, 3.8) is 0 Å². The lowest BCUT2D eigenvalue weighted by Crippen LogP contribution is -2.50. The summed E-state index contributed by atoms with van der Waals surface area (Å²) >= 11 is 6.10. The van der Waals surface area contributed by atoms with Crippen LogP contribution in [0.15, 0.2) is 77.7 Å². The molecule has 3 rings (SSSR count). The van der Waals surface area contributed by atoms with Gasteiger partial charge in [-0.25, -0.2) is 12.8 Å². The molecule has 0 fully saturated rings. The Labute approximate surface area is 215 Å². The van der Waals surface area contributed by atoms with Crippen LogP contribution in [0.3, 0.4) is 0 Å². The highest BCUT2D eigenvalue weighted by Gasteiger charge is 2.32. The minimum atomic E-state index is -4.25. The van der Waals surface area contributed by atoms with E-state index in [9.17, 15) is 22.4 Å². The summed E-state index contributed by atoms with van der Waals surface area (Å²) in [5.74, 6) is -1.59. The molecule has 0 aromatic heterocycles. The third kappa shape index (κ3) is 6.41. The number of sulfonamides is 1. The van der Waals surface area contributed by atoms with Crippen LogP contribution >= 0.6 is 11.6 Å². The van der Waals surface area contributed by atoms with Crippen molar-refractivity contribution in [3.05, 3.63) is 94.8 Å². The number of aryl methyl sites for hydroxylation is 1. The molecule has 0 bridgehead atoms. The number of halogens is 2. The van der Waals surface area contributed by atoms with Crippen molar-refractivity contribution in [1.82, 2.24) is 10.2 Å². The number of hydrogen-bond acceptors (Lipinski definition) is 4. The summed E-state index contributed by atoms with van der Waals surface area (Å²) in [6.45, 7) is 2.87. The molecule has 1 atom stereocenters. The van der Waals surface area contributed by atoms with E-state index in [1.165, 1.54) is 11.9 Å². The first-order valence-corrected chi connectivity index (χ1v) is 12.9. The molecule has 0 spiro atoms. The van der Waals surface area contributed by atoms with E-state index in [0.29, 0.717) is 10.6 Å². The van der Waals surface area contributed by atoms with Crippen LogP contribution in [0, 0.1) is 12.7 Å². The molecule has 36 heavy (non-hydrogen) atoms. The third-order valence-electron chi connectivity index (χ3n) is 5.66. The first-order chi connectivity index (χ1) is 17.0. The number of amides is 2. The molecule has 3 aromatic rings. The lowest BCUT2D eigenvalue weighted by molar-refractivity contribution is -0.139. The van der Waals surface area contributed by atoms with E-state index in [4.69, 9.17) is 11.6 Å². The predicted molar refractivity (Wildman–Crippen MR) is 138 cm³/mol. The number of nitrogens with zero attached hydrogens (tertiary/aromatic N) is 2. The Kier molecular flexibility index (Phi) is 8.70. The van der Waals surface area contributed by atoms with Gasteiger partial charge in [-0.1, -0.05) is 41.4 Å². The summed E-state index contributed by atoms with van der Waals surface area (Å²) in [5, 5.41) is 2.99. The van der Waals surface area contributed by atoms with Gasteiger partial charge in [0.15, 0.2) is 0 Å². The van der Waals surface area contributed by atoms with Crippen LogP contribution in [0.25, 0.3) is 0 Å². The molecule has 2 amide bonds. The van der Waals surface area contributed by atoms with Gasteiger partial charge in [-0.3, -0.25) is 13.9 Å². The summed E-state index contributed by atoms with van der Waals surface area (Å²) in [7, 11) is -2.79. The van der Waals surface area contributed by atoms with Crippen LogP contribution in [0.2, 0.25) is 5.02 Å². The van der Waals surface area contributed by atoms with Crippen molar-refractivity contribution in [3.8, 4) is 0 Å². The van der Waals surface area contributed by atoms with Crippen molar-refractivity contribution < 1.29 is 22.4 Å². The summed E-state index contributed by atoms with van der Waals surface area (Å²) < 4.78 is 41.6. The number of hydrogen-bond donors (Lipinski definition) is 1. The number of benzene rings is 3. The van der Waals surface area contributed by atoms with Crippen molar-refractivity contribution in [2.45, 2.75) is 31.3 Å². The van der Waals surface area contributed by atoms with E-state index in [-0.39, 0.29) is 17.1 Å². The number of carbonyl (C=O) groups is 2. The number of carbonyl (C=O) groups excluding carboxylic acids is 2. The number of likely N-dealkylation sites (N-methyl/N-ethyl adjacent to an activating group) is 1. The van der Waals surface area contributed by atoms with E-state index in [2.05, 4.69) is 5.32 Å². The van der Waals surface area contributed by atoms with Crippen LogP contribution < -0.4 is 9.62 Å². The predicted octanol–water partition coefficient (Wildman–Crippen LogP) is 4.15. The van der Waals surface area contributed by atoms with Gasteiger partial charge in [0.25, 0.3) is 10.0 Å². The zero-order valence-electron chi connectivity index (χ0n) is 20.1. The molecule has 3 aromatic carbocycles. The average molecular weight is 532 g/mol. The normalized spacial score (nSPS) is 12.0. The molecule has 7 nitrogen and oxygen atoms in total. The average Bonchev–Trinajstić information content (AvgIpc) is 2.85. The van der Waals surface area contributed by atoms with Crippen molar-refractivity contribution in [2.24, 2.45) is 0 Å². The molecule has 0 aliphatic heterocycles. The molecular formula is C26H27ClFN3O4S. The van der Waals surface area contributed by atoms with Gasteiger partial charge in [0.2, 0.25) is 11.8 Å². The fourth-order valence-electron chi connectivity index (χ4n) is 3.60. The molecule has 190 valence electrons. The Morgan fingerprint density at radius 2 is 1.67 bits per heavy atom. The highest BCUT2D eigenvalue weighted by atomic mass is 35.5. The standard InChI is InChI=1S/C26H27ClFN3O4S/c1-18-7-11-23(12-8-18)31(36(34,35)24-13-9-22(28)10-14-24)17-25(32)30(19(2)26(33)29-3)16-20-5-4-6-21(27)15-20/h4-15,19H,16-17H2,1-3H3,(H,29,33)/t19-/m1/s1. The van der Waals surface area contributed by atoms with E-state index in [1.54, 1.807) is 55.5 Å². The zero-order valence-corrected chi connectivity index (χ0v) is 21.7. The molecular weight excluding hydrogens is 505 g/mol. The summed E-state index contributed by atoms with van der Waals surface area (Å²) in [4.78, 5) is 27.2. The maximum atomic E-state index is 13.6. The monoisotopic (exact) mass is 531 g/mol. The van der Waals surface area contributed by atoms with E-state index in [1.807, 2.05) is 6.92 Å². The number of anilines is 1. The Hall–Kier alpha value is -3.43. The fourth-order valence-corrected chi connectivity index (χ4v) is 5.22. The van der Waals surface area contributed by atoms with E-state index < -0.39 is 40.2 Å². The lowest BCUT2D eigenvalue weighted by Gasteiger charge is -2.31. The summed E-state index contributed by atoms with van der Waals surface area (Å²) in [6, 6.07) is 17.0. The molecule has 0 unspecified atom stereocenters. The first kappa shape index (κ1) is 27.2. The Balaban J connectivity index is 2.02. The fraction of sp³-hybridized carbons (Fsp3) is 0.231.